The van der Waals surface area contributed by atoms with Crippen LogP contribution < -0.4 is 5.32 Å². The van der Waals surface area contributed by atoms with Crippen LogP contribution in [0.2, 0.25) is 0 Å². The van der Waals surface area contributed by atoms with Gasteiger partial charge in [0.2, 0.25) is 0 Å². The van der Waals surface area contributed by atoms with Gasteiger partial charge in [-0.2, -0.15) is 0 Å². The second kappa shape index (κ2) is 5.17. The van der Waals surface area contributed by atoms with Crippen LogP contribution in [0.5, 0.6) is 0 Å². The summed E-state index contributed by atoms with van der Waals surface area (Å²) in [6.45, 7) is 7.64. The molecule has 1 saturated heterocycles. The first-order chi connectivity index (χ1) is 7.99. The topological polar surface area (TPSA) is 38.3 Å². The maximum atomic E-state index is 12.7. The number of hydrogen-bond acceptors (Lipinski definition) is 2. The lowest BCUT2D eigenvalue weighted by Crippen LogP contribution is -2.30. The monoisotopic (exact) mass is 239 g/mol. The third-order valence-electron chi connectivity index (χ3n) is 2.52. The van der Waals surface area contributed by atoms with Gasteiger partial charge in [0.1, 0.15) is 11.4 Å². The third kappa shape index (κ3) is 2.96. The van der Waals surface area contributed by atoms with Crippen LogP contribution in [0.3, 0.4) is 0 Å². The first kappa shape index (κ1) is 13.5. The molecule has 1 amide bonds. The molecule has 4 heteroatoms. The number of halogens is 1. The first-order valence-corrected chi connectivity index (χ1v) is 5.74. The van der Waals surface area contributed by atoms with Crippen LogP contribution in [0.25, 0.3) is 0 Å². The minimum Gasteiger partial charge on any atom is -0.441 e. The molecule has 1 aromatic carbocycles. The number of hydrogen-bond donors (Lipinski definition) is 1. The molecule has 94 valence electrons. The Morgan fingerprint density at radius 1 is 1.24 bits per heavy atom. The molecule has 1 aliphatic heterocycles. The predicted molar refractivity (Wildman–Crippen MR) is 64.2 cm³/mol. The van der Waals surface area contributed by atoms with Crippen molar-refractivity contribution < 1.29 is 13.9 Å². The molecule has 0 spiro atoms. The maximum Gasteiger partial charge on any atom is 0.408 e. The molecule has 1 heterocycles. The molecule has 1 fully saturated rings. The van der Waals surface area contributed by atoms with Gasteiger partial charge in [0.25, 0.3) is 0 Å². The lowest BCUT2D eigenvalue weighted by molar-refractivity contribution is 0.0684. The Labute approximate surface area is 101 Å². The number of nitrogens with one attached hydrogen (secondary N) is 1. The highest BCUT2D eigenvalue weighted by Crippen LogP contribution is 2.33. The zero-order valence-electron chi connectivity index (χ0n) is 10.6. The summed E-state index contributed by atoms with van der Waals surface area (Å²) in [6, 6.07) is 5.81. The molecule has 1 aliphatic rings. The average molecular weight is 239 g/mol. The van der Waals surface area contributed by atoms with E-state index >= 15 is 0 Å². The Morgan fingerprint density at radius 2 is 1.76 bits per heavy atom. The maximum absolute atomic E-state index is 12.7. The summed E-state index contributed by atoms with van der Waals surface area (Å²) in [4.78, 5) is 11.1. The van der Waals surface area contributed by atoms with Crippen molar-refractivity contribution >= 4 is 6.09 Å². The van der Waals surface area contributed by atoms with Crippen LogP contribution in [0, 0.1) is 5.82 Å². The molecule has 1 aromatic rings. The molecule has 0 aromatic heterocycles. The molecule has 2 rings (SSSR count). The van der Waals surface area contributed by atoms with E-state index in [1.54, 1.807) is 12.1 Å². The number of cyclic esters (lactones) is 1. The number of amides is 1. The Bertz CT molecular complexity index is 387. The van der Waals surface area contributed by atoms with Gasteiger partial charge in [0, 0.05) is 0 Å². The molecule has 0 saturated carbocycles. The number of ether oxygens (including phenoxy) is 1. The minimum atomic E-state index is -0.602. The number of carbonyl (C=O) groups excluding carboxylic acids is 1. The van der Waals surface area contributed by atoms with Crippen molar-refractivity contribution in [1.82, 2.24) is 5.32 Å². The summed E-state index contributed by atoms with van der Waals surface area (Å²) in [6.07, 6.45) is -0.436. The molecule has 0 bridgehead atoms. The van der Waals surface area contributed by atoms with E-state index in [1.165, 1.54) is 12.1 Å². The van der Waals surface area contributed by atoms with E-state index in [1.807, 2.05) is 27.7 Å². The Morgan fingerprint density at radius 3 is 2.18 bits per heavy atom. The summed E-state index contributed by atoms with van der Waals surface area (Å²) in [5.41, 5.74) is 0.238. The zero-order valence-corrected chi connectivity index (χ0v) is 10.6. The Hall–Kier alpha value is -1.58. The van der Waals surface area contributed by atoms with Gasteiger partial charge in [-0.05, 0) is 31.5 Å². The number of carbonyl (C=O) groups is 1. The first-order valence-electron chi connectivity index (χ1n) is 5.74. The summed E-state index contributed by atoms with van der Waals surface area (Å²) >= 11 is 0. The van der Waals surface area contributed by atoms with Crippen LogP contribution in [0.15, 0.2) is 24.3 Å². The molecular weight excluding hydrogens is 221 g/mol. The summed E-state index contributed by atoms with van der Waals surface area (Å²) in [5, 5.41) is 2.70. The molecule has 3 nitrogen and oxygen atoms in total. The van der Waals surface area contributed by atoms with E-state index in [0.29, 0.717) is 0 Å². The van der Waals surface area contributed by atoms with Crippen molar-refractivity contribution in [3.05, 3.63) is 35.6 Å². The fourth-order valence-electron chi connectivity index (χ4n) is 1.76. The fourth-order valence-corrected chi connectivity index (χ4v) is 1.76. The number of benzene rings is 1. The molecule has 17 heavy (non-hydrogen) atoms. The van der Waals surface area contributed by atoms with Crippen molar-refractivity contribution in [2.75, 3.05) is 0 Å². The van der Waals surface area contributed by atoms with Gasteiger partial charge in [-0.1, -0.05) is 26.0 Å². The van der Waals surface area contributed by atoms with Gasteiger partial charge in [-0.25, -0.2) is 9.18 Å². The van der Waals surface area contributed by atoms with Crippen molar-refractivity contribution in [2.24, 2.45) is 0 Å². The van der Waals surface area contributed by atoms with Crippen molar-refractivity contribution in [3.63, 3.8) is 0 Å². The van der Waals surface area contributed by atoms with E-state index in [4.69, 9.17) is 4.74 Å². The highest BCUT2D eigenvalue weighted by atomic mass is 19.1. The second-order valence-electron chi connectivity index (χ2n) is 4.12. The van der Waals surface area contributed by atoms with Gasteiger partial charge < -0.3 is 10.1 Å². The van der Waals surface area contributed by atoms with E-state index in [-0.39, 0.29) is 11.9 Å². The van der Waals surface area contributed by atoms with Gasteiger partial charge in [-0.15, -0.1) is 0 Å². The summed E-state index contributed by atoms with van der Waals surface area (Å²) in [5.74, 6) is -0.290. The standard InChI is InChI=1S/C11H12FNO2.C2H6/c1-11(2)9(13-10(14)15-11)7-3-5-8(12)6-4-7;1-2/h3-6,9H,1-2H3,(H,13,14);1-2H3/t9-;/m0./s1. The third-order valence-corrected chi connectivity index (χ3v) is 2.52. The molecular formula is C13H18FNO2. The lowest BCUT2D eigenvalue weighted by Gasteiger charge is -2.23. The van der Waals surface area contributed by atoms with Crippen molar-refractivity contribution in [1.29, 1.82) is 0 Å². The van der Waals surface area contributed by atoms with Gasteiger partial charge >= 0.3 is 6.09 Å². The van der Waals surface area contributed by atoms with E-state index in [9.17, 15) is 9.18 Å². The largest absolute Gasteiger partial charge is 0.441 e. The molecule has 0 unspecified atom stereocenters. The minimum absolute atomic E-state index is 0.231. The van der Waals surface area contributed by atoms with Crippen LogP contribution in [0.1, 0.15) is 39.3 Å². The average Bonchev–Trinajstić information content (AvgIpc) is 2.56. The van der Waals surface area contributed by atoms with Crippen LogP contribution in [-0.2, 0) is 4.74 Å². The zero-order chi connectivity index (χ0) is 13.1. The smallest absolute Gasteiger partial charge is 0.408 e. The van der Waals surface area contributed by atoms with Gasteiger partial charge in [0.15, 0.2) is 0 Å². The quantitative estimate of drug-likeness (QED) is 0.815. The Kier molecular flexibility index (Phi) is 4.10. The Balaban J connectivity index is 0.000000686. The highest BCUT2D eigenvalue weighted by molar-refractivity contribution is 5.71. The van der Waals surface area contributed by atoms with Gasteiger partial charge in [0.05, 0.1) is 6.04 Å². The number of alkyl carbamates (subject to hydrolysis) is 1. The summed E-state index contributed by atoms with van der Waals surface area (Å²) < 4.78 is 17.8. The van der Waals surface area contributed by atoms with Crippen LogP contribution in [0.4, 0.5) is 9.18 Å². The molecule has 1 N–H and O–H groups in total. The van der Waals surface area contributed by atoms with Crippen LogP contribution in [-0.4, -0.2) is 11.7 Å². The lowest BCUT2D eigenvalue weighted by atomic mass is 9.93. The van der Waals surface area contributed by atoms with Gasteiger partial charge in [-0.3, -0.25) is 0 Å². The van der Waals surface area contributed by atoms with E-state index in [2.05, 4.69) is 5.32 Å². The normalized spacial score (nSPS) is 21.0. The molecule has 0 aliphatic carbocycles. The molecule has 0 radical (unpaired) electrons. The van der Waals surface area contributed by atoms with Crippen molar-refractivity contribution in [3.8, 4) is 0 Å². The summed E-state index contributed by atoms with van der Waals surface area (Å²) in [7, 11) is 0. The second-order valence-corrected chi connectivity index (χ2v) is 4.12. The fraction of sp³-hybridized carbons (Fsp3) is 0.462. The highest BCUT2D eigenvalue weighted by Gasteiger charge is 2.42. The SMILES string of the molecule is CC.CC1(C)OC(=O)N[C@H]1c1ccc(F)cc1. The predicted octanol–water partition coefficient (Wildman–Crippen LogP) is 3.41. The van der Waals surface area contributed by atoms with E-state index in [0.717, 1.165) is 5.56 Å². The van der Waals surface area contributed by atoms with Crippen molar-refractivity contribution in [2.45, 2.75) is 39.3 Å². The number of rotatable bonds is 1. The van der Waals surface area contributed by atoms with E-state index < -0.39 is 11.7 Å². The van der Waals surface area contributed by atoms with Crippen LogP contribution >= 0.6 is 0 Å². The molecule has 1 atom stereocenters.